The molecule has 0 unspecified atom stereocenters. The highest BCUT2D eigenvalue weighted by Gasteiger charge is 2.44. The Labute approximate surface area is 153 Å². The van der Waals surface area contributed by atoms with Crippen LogP contribution in [-0.4, -0.2) is 44.6 Å². The third kappa shape index (κ3) is 2.67. The first-order valence-corrected chi connectivity index (χ1v) is 8.33. The van der Waals surface area contributed by atoms with Crippen LogP contribution in [0.25, 0.3) is 5.69 Å². The summed E-state index contributed by atoms with van der Waals surface area (Å²) in [5.74, 6) is -1.95. The van der Waals surface area contributed by atoms with E-state index < -0.39 is 46.5 Å². The molecule has 0 fully saturated rings. The molecule has 0 saturated carbocycles. The van der Waals surface area contributed by atoms with Crippen LogP contribution in [-0.2, 0) is 4.74 Å². The second-order valence-electron chi connectivity index (χ2n) is 6.09. The summed E-state index contributed by atoms with van der Waals surface area (Å²) >= 11 is 0. The summed E-state index contributed by atoms with van der Waals surface area (Å²) in [7, 11) is 0. The molecule has 0 N–H and O–H groups in total. The van der Waals surface area contributed by atoms with Gasteiger partial charge in [-0.3, -0.25) is 14.5 Å². The Morgan fingerprint density at radius 1 is 1.04 bits per heavy atom. The number of hydrogen-bond donors (Lipinski definition) is 0. The number of amides is 2. The van der Waals surface area contributed by atoms with E-state index in [0.29, 0.717) is 9.13 Å². The van der Waals surface area contributed by atoms with Gasteiger partial charge in [-0.1, -0.05) is 18.2 Å². The normalized spacial score (nSPS) is 13.3. The van der Waals surface area contributed by atoms with E-state index in [4.69, 9.17) is 4.74 Å². The molecule has 1 aliphatic heterocycles. The van der Waals surface area contributed by atoms with Crippen molar-refractivity contribution in [3.63, 3.8) is 0 Å². The monoisotopic (exact) mass is 371 g/mol. The van der Waals surface area contributed by atoms with Crippen LogP contribution in [0.5, 0.6) is 0 Å². The molecule has 3 rings (SSSR count). The second kappa shape index (κ2) is 6.67. The van der Waals surface area contributed by atoms with Crippen molar-refractivity contribution in [2.75, 3.05) is 6.61 Å². The molecular formula is C18H17N3O6. The predicted octanol–water partition coefficient (Wildman–Crippen LogP) is 1.01. The Morgan fingerprint density at radius 3 is 2.22 bits per heavy atom. The molecule has 0 saturated heterocycles. The molecule has 0 bridgehead atoms. The lowest BCUT2D eigenvalue weighted by Crippen LogP contribution is -2.45. The van der Waals surface area contributed by atoms with Gasteiger partial charge in [-0.05, 0) is 32.9 Å². The van der Waals surface area contributed by atoms with Gasteiger partial charge in [-0.15, -0.1) is 0 Å². The van der Waals surface area contributed by atoms with Gasteiger partial charge in [0.05, 0.1) is 12.3 Å². The van der Waals surface area contributed by atoms with Crippen molar-refractivity contribution < 1.29 is 19.1 Å². The first kappa shape index (κ1) is 18.3. The first-order chi connectivity index (χ1) is 12.8. The maximum atomic E-state index is 13.0. The molecule has 0 radical (unpaired) electrons. The van der Waals surface area contributed by atoms with Gasteiger partial charge in [0.15, 0.2) is 5.56 Å². The zero-order valence-electron chi connectivity index (χ0n) is 15.0. The van der Waals surface area contributed by atoms with Gasteiger partial charge in [-0.2, -0.15) is 0 Å². The van der Waals surface area contributed by atoms with E-state index in [-0.39, 0.29) is 12.3 Å². The lowest BCUT2D eigenvalue weighted by Gasteiger charge is -2.16. The highest BCUT2D eigenvalue weighted by Crippen LogP contribution is 2.20. The van der Waals surface area contributed by atoms with Gasteiger partial charge < -0.3 is 4.74 Å². The van der Waals surface area contributed by atoms with Crippen LogP contribution in [0.2, 0.25) is 0 Å². The van der Waals surface area contributed by atoms with Crippen molar-refractivity contribution in [2.45, 2.75) is 26.8 Å². The highest BCUT2D eigenvalue weighted by molar-refractivity contribution is 6.15. The molecule has 9 heteroatoms. The van der Waals surface area contributed by atoms with E-state index in [9.17, 15) is 24.0 Å². The summed E-state index contributed by atoms with van der Waals surface area (Å²) in [6, 6.07) is 6.34. The fraction of sp³-hybridized carbons (Fsp3) is 0.278. The number of para-hydroxylation sites is 1. The minimum Gasteiger partial charge on any atom is -0.462 e. The summed E-state index contributed by atoms with van der Waals surface area (Å²) in [6.07, 6.45) is 0. The molecule has 9 nitrogen and oxygen atoms in total. The highest BCUT2D eigenvalue weighted by atomic mass is 16.5. The number of carbonyl (C=O) groups is 3. The summed E-state index contributed by atoms with van der Waals surface area (Å²) in [5.41, 5.74) is -3.06. The number of benzene rings is 1. The number of esters is 1. The van der Waals surface area contributed by atoms with Gasteiger partial charge in [0, 0.05) is 6.04 Å². The van der Waals surface area contributed by atoms with Crippen molar-refractivity contribution >= 4 is 17.9 Å². The SMILES string of the molecule is CCOC(=O)c1c2n(c(=O)n(-c3ccccc3)c1=O)C(=O)N(C(C)C)C2=O. The van der Waals surface area contributed by atoms with Gasteiger partial charge in [0.2, 0.25) is 0 Å². The zero-order valence-corrected chi connectivity index (χ0v) is 15.0. The molecule has 1 aromatic carbocycles. The van der Waals surface area contributed by atoms with Gasteiger partial charge >= 0.3 is 17.7 Å². The molecule has 140 valence electrons. The van der Waals surface area contributed by atoms with Crippen molar-refractivity contribution in [1.29, 1.82) is 0 Å². The number of imide groups is 1. The summed E-state index contributed by atoms with van der Waals surface area (Å²) in [5, 5.41) is 0. The smallest absolute Gasteiger partial charge is 0.346 e. The Balaban J connectivity index is 2.44. The second-order valence-corrected chi connectivity index (χ2v) is 6.09. The summed E-state index contributed by atoms with van der Waals surface area (Å²) in [4.78, 5) is 64.5. The van der Waals surface area contributed by atoms with E-state index in [1.807, 2.05) is 0 Å². The molecule has 0 aliphatic carbocycles. The predicted molar refractivity (Wildman–Crippen MR) is 94.4 cm³/mol. The number of hydrogen-bond acceptors (Lipinski definition) is 6. The molecule has 2 heterocycles. The van der Waals surface area contributed by atoms with Crippen molar-refractivity contribution in [2.24, 2.45) is 0 Å². The van der Waals surface area contributed by atoms with Gasteiger partial charge in [-0.25, -0.2) is 23.5 Å². The van der Waals surface area contributed by atoms with Crippen LogP contribution in [0.15, 0.2) is 39.9 Å². The molecule has 0 atom stereocenters. The standard InChI is InChI=1S/C18H17N3O6/c1-4-27-16(24)12-13-15(23)19(10(2)3)17(25)21(13)18(26)20(14(12)22)11-8-6-5-7-9-11/h5-10H,4H2,1-3H3. The minimum absolute atomic E-state index is 0.0434. The van der Waals surface area contributed by atoms with Crippen LogP contribution in [0.1, 0.15) is 41.6 Å². The Morgan fingerprint density at radius 2 is 1.67 bits per heavy atom. The third-order valence-electron chi connectivity index (χ3n) is 4.09. The van der Waals surface area contributed by atoms with E-state index in [1.54, 1.807) is 32.0 Å². The Kier molecular flexibility index (Phi) is 4.52. The fourth-order valence-corrected chi connectivity index (χ4v) is 2.94. The molecule has 2 aromatic rings. The van der Waals surface area contributed by atoms with Crippen molar-refractivity contribution in [3.05, 3.63) is 62.4 Å². The number of fused-ring (bicyclic) bond motifs is 1. The molecule has 27 heavy (non-hydrogen) atoms. The molecule has 0 spiro atoms. The maximum Gasteiger partial charge on any atom is 0.346 e. The van der Waals surface area contributed by atoms with Crippen LogP contribution in [0.3, 0.4) is 0 Å². The van der Waals surface area contributed by atoms with Crippen LogP contribution in [0.4, 0.5) is 4.79 Å². The first-order valence-electron chi connectivity index (χ1n) is 8.33. The number of carbonyl (C=O) groups excluding carboxylic acids is 3. The lowest BCUT2D eigenvalue weighted by atomic mass is 10.2. The average Bonchev–Trinajstić information content (AvgIpc) is 2.87. The van der Waals surface area contributed by atoms with Gasteiger partial charge in [0.1, 0.15) is 5.69 Å². The molecule has 1 aromatic heterocycles. The minimum atomic E-state index is -1.07. The number of rotatable bonds is 4. The topological polar surface area (TPSA) is 108 Å². The van der Waals surface area contributed by atoms with Crippen LogP contribution < -0.4 is 11.2 Å². The maximum absolute atomic E-state index is 13.0. The quantitative estimate of drug-likeness (QED) is 0.742. The van der Waals surface area contributed by atoms with Crippen molar-refractivity contribution in [1.82, 2.24) is 14.0 Å². The van der Waals surface area contributed by atoms with E-state index in [1.165, 1.54) is 19.1 Å². The summed E-state index contributed by atoms with van der Waals surface area (Å²) in [6.45, 7) is 4.66. The number of aromatic nitrogens is 2. The third-order valence-corrected chi connectivity index (χ3v) is 4.09. The van der Waals surface area contributed by atoms with Crippen molar-refractivity contribution in [3.8, 4) is 5.69 Å². The average molecular weight is 371 g/mol. The number of nitrogens with zero attached hydrogens (tertiary/aromatic N) is 3. The zero-order chi connectivity index (χ0) is 19.9. The van der Waals surface area contributed by atoms with Crippen LogP contribution in [0, 0.1) is 0 Å². The van der Waals surface area contributed by atoms with Crippen LogP contribution >= 0.6 is 0 Å². The Hall–Kier alpha value is -3.49. The molecular weight excluding hydrogens is 354 g/mol. The van der Waals surface area contributed by atoms with E-state index in [0.717, 1.165) is 4.90 Å². The van der Waals surface area contributed by atoms with E-state index >= 15 is 0 Å². The lowest BCUT2D eigenvalue weighted by molar-refractivity contribution is 0.0517. The largest absolute Gasteiger partial charge is 0.462 e. The molecule has 2 amide bonds. The number of ether oxygens (including phenoxy) is 1. The Bertz CT molecular complexity index is 1060. The molecule has 1 aliphatic rings. The summed E-state index contributed by atoms with van der Waals surface area (Å²) < 4.78 is 6.14. The fourth-order valence-electron chi connectivity index (χ4n) is 2.94. The van der Waals surface area contributed by atoms with Gasteiger partial charge in [0.25, 0.3) is 11.5 Å². The van der Waals surface area contributed by atoms with E-state index in [2.05, 4.69) is 0 Å².